The molecular weight excluding hydrogens is 435 g/mol. The first kappa shape index (κ1) is 22.3. The van der Waals surface area contributed by atoms with E-state index in [1.807, 2.05) is 0 Å². The second kappa shape index (κ2) is 7.40. The molecule has 0 aliphatic heterocycles. The molecule has 0 aliphatic rings. The quantitative estimate of drug-likeness (QED) is 0.305. The van der Waals surface area contributed by atoms with Crippen LogP contribution in [-0.2, 0) is 10.7 Å². The maximum atomic E-state index is 14.9. The maximum absolute atomic E-state index is 14.9. The van der Waals surface area contributed by atoms with E-state index in [0.717, 1.165) is 31.5 Å². The molecule has 4 nitrogen and oxygen atoms in total. The lowest BCUT2D eigenvalue weighted by Gasteiger charge is -2.29. The highest BCUT2D eigenvalue weighted by Crippen LogP contribution is 2.54. The van der Waals surface area contributed by atoms with E-state index in [4.69, 9.17) is 0 Å². The fourth-order valence-corrected chi connectivity index (χ4v) is 3.11. The summed E-state index contributed by atoms with van der Waals surface area (Å²) in [5.74, 6) is -15.5. The van der Waals surface area contributed by atoms with Gasteiger partial charge in [0.15, 0.2) is 0 Å². The summed E-state index contributed by atoms with van der Waals surface area (Å²) in [5.41, 5.74) is -5.31. The van der Waals surface area contributed by atoms with Crippen molar-refractivity contribution in [2.45, 2.75) is 18.0 Å². The summed E-state index contributed by atoms with van der Waals surface area (Å²) >= 11 is 0. The molecule has 0 atom stereocenters. The zero-order chi connectivity index (χ0) is 23.2. The number of hydrogen-bond acceptors (Lipinski definition) is 3. The van der Waals surface area contributed by atoms with Crippen LogP contribution in [0.3, 0.4) is 0 Å². The third kappa shape index (κ3) is 3.33. The Morgan fingerprint density at radius 1 is 0.871 bits per heavy atom. The van der Waals surface area contributed by atoms with Gasteiger partial charge >= 0.3 is 24.0 Å². The van der Waals surface area contributed by atoms with Crippen molar-refractivity contribution in [1.82, 2.24) is 4.40 Å². The molecule has 0 spiro atoms. The summed E-state index contributed by atoms with van der Waals surface area (Å²) < 4.78 is 101. The van der Waals surface area contributed by atoms with Crippen LogP contribution in [0.15, 0.2) is 54.7 Å². The van der Waals surface area contributed by atoms with Crippen molar-refractivity contribution in [3.05, 3.63) is 77.1 Å². The highest BCUT2D eigenvalue weighted by atomic mass is 19.4. The third-order valence-electron chi connectivity index (χ3n) is 4.55. The number of carbonyl (C=O) groups excluding carboxylic acids is 2. The van der Waals surface area contributed by atoms with Crippen LogP contribution in [0.1, 0.15) is 32.0 Å². The number of halogens is 7. The average molecular weight is 447 g/mol. The molecule has 0 amide bonds. The van der Waals surface area contributed by atoms with Gasteiger partial charge in [0.2, 0.25) is 5.78 Å². The first-order valence-corrected chi connectivity index (χ1v) is 8.50. The van der Waals surface area contributed by atoms with Crippen LogP contribution >= 0.6 is 0 Å². The van der Waals surface area contributed by atoms with Crippen molar-refractivity contribution < 1.29 is 45.1 Å². The van der Waals surface area contributed by atoms with Gasteiger partial charge in [0.05, 0.1) is 23.8 Å². The van der Waals surface area contributed by atoms with E-state index >= 15 is 0 Å². The molecule has 2 heterocycles. The Morgan fingerprint density at radius 3 is 2.00 bits per heavy atom. The van der Waals surface area contributed by atoms with Crippen LogP contribution in [0.5, 0.6) is 0 Å². The second-order valence-electron chi connectivity index (χ2n) is 6.39. The van der Waals surface area contributed by atoms with Crippen LogP contribution in [0, 0.1) is 0 Å². The summed E-state index contributed by atoms with van der Waals surface area (Å²) in [6.45, 7) is 0. The van der Waals surface area contributed by atoms with Crippen LogP contribution in [-0.4, -0.2) is 35.4 Å². The van der Waals surface area contributed by atoms with Crippen molar-refractivity contribution >= 4 is 17.3 Å². The molecule has 0 bridgehead atoms. The lowest BCUT2D eigenvalue weighted by molar-refractivity contribution is -0.359. The van der Waals surface area contributed by atoms with Gasteiger partial charge in [0, 0.05) is 11.8 Å². The number of fused-ring (bicyclic) bond motifs is 1. The van der Waals surface area contributed by atoms with Crippen LogP contribution in [0.4, 0.5) is 30.7 Å². The van der Waals surface area contributed by atoms with Gasteiger partial charge in [0.25, 0.3) is 0 Å². The van der Waals surface area contributed by atoms with Gasteiger partial charge in [-0.25, -0.2) is 4.79 Å². The van der Waals surface area contributed by atoms with Gasteiger partial charge in [0.1, 0.15) is 5.69 Å². The van der Waals surface area contributed by atoms with Gasteiger partial charge in [-0.3, -0.25) is 4.79 Å². The average Bonchev–Trinajstić information content (AvgIpc) is 3.08. The SMILES string of the molecule is COC(=O)c1c(C(F)(F)C(F)(F)C(F)(F)F)c(C(=O)c2ccccc2)n2ccccc12. The fourth-order valence-electron chi connectivity index (χ4n) is 3.11. The molecule has 0 unspecified atom stereocenters. The van der Waals surface area contributed by atoms with Gasteiger partial charge in [-0.2, -0.15) is 30.7 Å². The number of methoxy groups -OCH3 is 1. The van der Waals surface area contributed by atoms with E-state index in [1.165, 1.54) is 30.3 Å². The van der Waals surface area contributed by atoms with Gasteiger partial charge in [-0.1, -0.05) is 36.4 Å². The minimum Gasteiger partial charge on any atom is -0.465 e. The number of ketones is 1. The monoisotopic (exact) mass is 447 g/mol. The molecule has 0 saturated heterocycles. The fraction of sp³-hybridized carbons (Fsp3) is 0.200. The molecule has 2 aromatic heterocycles. The second-order valence-corrected chi connectivity index (χ2v) is 6.39. The number of benzene rings is 1. The zero-order valence-corrected chi connectivity index (χ0v) is 15.5. The first-order valence-electron chi connectivity index (χ1n) is 8.50. The smallest absolute Gasteiger partial charge is 0.460 e. The Kier molecular flexibility index (Phi) is 5.33. The Balaban J connectivity index is 2.49. The maximum Gasteiger partial charge on any atom is 0.460 e. The summed E-state index contributed by atoms with van der Waals surface area (Å²) in [6, 6.07) is 9.93. The van der Waals surface area contributed by atoms with Gasteiger partial charge < -0.3 is 9.14 Å². The number of aromatic nitrogens is 1. The Bertz CT molecular complexity index is 1150. The van der Waals surface area contributed by atoms with Crippen molar-refractivity contribution in [3.63, 3.8) is 0 Å². The number of nitrogens with zero attached hydrogens (tertiary/aromatic N) is 1. The number of ether oxygens (including phenoxy) is 1. The number of alkyl halides is 7. The number of esters is 1. The molecule has 0 N–H and O–H groups in total. The highest BCUT2D eigenvalue weighted by Gasteiger charge is 2.75. The largest absolute Gasteiger partial charge is 0.465 e. The molecule has 11 heteroatoms. The summed E-state index contributed by atoms with van der Waals surface area (Å²) in [4.78, 5) is 25.2. The van der Waals surface area contributed by atoms with Gasteiger partial charge in [-0.05, 0) is 12.1 Å². The predicted molar refractivity (Wildman–Crippen MR) is 93.5 cm³/mol. The molecule has 3 aromatic rings. The minimum absolute atomic E-state index is 0.269. The molecule has 1 aromatic carbocycles. The number of hydrogen-bond donors (Lipinski definition) is 0. The highest BCUT2D eigenvalue weighted by molar-refractivity contribution is 6.13. The Morgan fingerprint density at radius 2 is 1.45 bits per heavy atom. The number of pyridine rings is 1. The molecule has 0 radical (unpaired) electrons. The van der Waals surface area contributed by atoms with Crippen LogP contribution < -0.4 is 0 Å². The molecule has 0 aliphatic carbocycles. The van der Waals surface area contributed by atoms with E-state index < -0.39 is 52.1 Å². The first-order chi connectivity index (χ1) is 14.4. The van der Waals surface area contributed by atoms with Crippen molar-refractivity contribution in [2.75, 3.05) is 7.11 Å². The summed E-state index contributed by atoms with van der Waals surface area (Å²) in [5, 5.41) is 0. The molecule has 0 saturated carbocycles. The molecular formula is C20H12F7NO3. The van der Waals surface area contributed by atoms with Crippen LogP contribution in [0.25, 0.3) is 5.52 Å². The lowest BCUT2D eigenvalue weighted by Crippen LogP contribution is -2.51. The van der Waals surface area contributed by atoms with E-state index in [0.29, 0.717) is 4.40 Å². The Labute approximate surface area is 169 Å². The predicted octanol–water partition coefficient (Wildman–Crippen LogP) is 5.25. The molecule has 3 rings (SSSR count). The summed E-state index contributed by atoms with van der Waals surface area (Å²) in [6.07, 6.45) is -5.69. The van der Waals surface area contributed by atoms with E-state index in [-0.39, 0.29) is 5.56 Å². The standard InChI is InChI=1S/C20H12F7NO3/c1-31-17(30)13-12-9-5-6-10-28(12)15(16(29)11-7-3-2-4-8-11)14(13)18(21,22)19(23,24)20(25,26)27/h2-10H,1H3. The molecule has 31 heavy (non-hydrogen) atoms. The number of rotatable bonds is 5. The Hall–Kier alpha value is -3.37. The van der Waals surface area contributed by atoms with Crippen molar-refractivity contribution in [3.8, 4) is 0 Å². The minimum atomic E-state index is -6.68. The van der Waals surface area contributed by atoms with Crippen LogP contribution in [0.2, 0.25) is 0 Å². The van der Waals surface area contributed by atoms with Crippen molar-refractivity contribution in [1.29, 1.82) is 0 Å². The van der Waals surface area contributed by atoms with Crippen molar-refractivity contribution in [2.24, 2.45) is 0 Å². The topological polar surface area (TPSA) is 47.8 Å². The van der Waals surface area contributed by atoms with E-state index in [9.17, 15) is 40.3 Å². The third-order valence-corrected chi connectivity index (χ3v) is 4.55. The molecule has 164 valence electrons. The lowest BCUT2D eigenvalue weighted by atomic mass is 9.94. The molecule has 0 fully saturated rings. The van der Waals surface area contributed by atoms with E-state index in [1.54, 1.807) is 0 Å². The normalized spacial score (nSPS) is 12.8. The van der Waals surface area contributed by atoms with Gasteiger partial charge in [-0.15, -0.1) is 0 Å². The summed E-state index contributed by atoms with van der Waals surface area (Å²) in [7, 11) is 0.733. The zero-order valence-electron chi connectivity index (χ0n) is 15.5. The number of carbonyl (C=O) groups is 2. The van der Waals surface area contributed by atoms with E-state index in [2.05, 4.69) is 4.74 Å².